The Bertz CT molecular complexity index is 560. The zero-order valence-corrected chi connectivity index (χ0v) is 11.1. The summed E-state index contributed by atoms with van der Waals surface area (Å²) in [6.45, 7) is 0. The third-order valence-corrected chi connectivity index (χ3v) is 3.12. The number of nitrogens with one attached hydrogen (secondary N) is 1. The van der Waals surface area contributed by atoms with Gasteiger partial charge in [-0.05, 0) is 35.9 Å². The minimum atomic E-state index is -0.372. The quantitative estimate of drug-likeness (QED) is 0.668. The maximum atomic E-state index is 13.4. The molecular weight excluding hydrogens is 267 g/mol. The first-order valence-electron chi connectivity index (χ1n) is 5.70. The van der Waals surface area contributed by atoms with E-state index in [0.717, 1.165) is 5.56 Å². The summed E-state index contributed by atoms with van der Waals surface area (Å²) in [4.78, 5) is 0. The number of rotatable bonds is 4. The molecule has 0 spiro atoms. The van der Waals surface area contributed by atoms with Crippen LogP contribution >= 0.6 is 11.6 Å². The summed E-state index contributed by atoms with van der Waals surface area (Å²) >= 11 is 5.85. The van der Waals surface area contributed by atoms with Gasteiger partial charge in [0.2, 0.25) is 0 Å². The highest BCUT2D eigenvalue weighted by Crippen LogP contribution is 2.30. The molecule has 0 saturated carbocycles. The van der Waals surface area contributed by atoms with Gasteiger partial charge < -0.3 is 4.74 Å². The van der Waals surface area contributed by atoms with E-state index in [9.17, 15) is 4.39 Å². The Labute approximate surface area is 116 Å². The first kappa shape index (κ1) is 13.8. The van der Waals surface area contributed by atoms with Crippen LogP contribution in [0.2, 0.25) is 5.02 Å². The second-order valence-electron chi connectivity index (χ2n) is 4.04. The minimum absolute atomic E-state index is 0.343. The van der Waals surface area contributed by atoms with E-state index in [1.165, 1.54) is 19.2 Å². The molecule has 1 unspecified atom stereocenters. The van der Waals surface area contributed by atoms with Crippen LogP contribution < -0.4 is 16.0 Å². The SMILES string of the molecule is COc1ccc(F)cc1C(NN)c1ccc(Cl)cc1. The molecule has 2 aromatic rings. The smallest absolute Gasteiger partial charge is 0.124 e. The van der Waals surface area contributed by atoms with Crippen molar-refractivity contribution in [1.82, 2.24) is 5.43 Å². The average molecular weight is 281 g/mol. The molecule has 0 radical (unpaired) electrons. The zero-order valence-electron chi connectivity index (χ0n) is 10.4. The summed E-state index contributed by atoms with van der Waals surface area (Å²) in [5, 5.41) is 0.630. The van der Waals surface area contributed by atoms with E-state index < -0.39 is 0 Å². The number of ether oxygens (including phenoxy) is 1. The topological polar surface area (TPSA) is 47.3 Å². The van der Waals surface area contributed by atoms with E-state index in [4.69, 9.17) is 22.2 Å². The number of methoxy groups -OCH3 is 1. The van der Waals surface area contributed by atoms with Gasteiger partial charge in [0.05, 0.1) is 13.2 Å². The number of nitrogens with two attached hydrogens (primary N) is 1. The van der Waals surface area contributed by atoms with Crippen molar-refractivity contribution in [3.8, 4) is 5.75 Å². The molecule has 0 saturated heterocycles. The maximum Gasteiger partial charge on any atom is 0.124 e. The summed E-state index contributed by atoms with van der Waals surface area (Å²) in [6.07, 6.45) is 0. The van der Waals surface area contributed by atoms with Gasteiger partial charge in [-0.3, -0.25) is 5.84 Å². The predicted molar refractivity (Wildman–Crippen MR) is 73.6 cm³/mol. The molecular formula is C14H14ClFN2O. The average Bonchev–Trinajstić information content (AvgIpc) is 2.42. The fraction of sp³-hybridized carbons (Fsp3) is 0.143. The van der Waals surface area contributed by atoms with Gasteiger partial charge in [-0.1, -0.05) is 23.7 Å². The van der Waals surface area contributed by atoms with Crippen LogP contribution in [0, 0.1) is 5.82 Å². The lowest BCUT2D eigenvalue weighted by molar-refractivity contribution is 0.402. The first-order chi connectivity index (χ1) is 9.15. The number of hydrogen-bond donors (Lipinski definition) is 2. The lowest BCUT2D eigenvalue weighted by atomic mass is 9.98. The Hall–Kier alpha value is -1.62. The van der Waals surface area contributed by atoms with Gasteiger partial charge in [0.1, 0.15) is 11.6 Å². The summed E-state index contributed by atoms with van der Waals surface area (Å²) in [6, 6.07) is 11.1. The summed E-state index contributed by atoms with van der Waals surface area (Å²) < 4.78 is 18.7. The molecule has 19 heavy (non-hydrogen) atoms. The van der Waals surface area contributed by atoms with Gasteiger partial charge in [0.15, 0.2) is 0 Å². The van der Waals surface area contributed by atoms with E-state index in [-0.39, 0.29) is 11.9 Å². The van der Waals surface area contributed by atoms with Crippen molar-refractivity contribution in [3.63, 3.8) is 0 Å². The fourth-order valence-electron chi connectivity index (χ4n) is 1.95. The minimum Gasteiger partial charge on any atom is -0.496 e. The van der Waals surface area contributed by atoms with Crippen molar-refractivity contribution in [2.24, 2.45) is 5.84 Å². The molecule has 0 aromatic heterocycles. The van der Waals surface area contributed by atoms with Gasteiger partial charge in [-0.15, -0.1) is 0 Å². The molecule has 100 valence electrons. The van der Waals surface area contributed by atoms with Crippen LogP contribution in [0.1, 0.15) is 17.2 Å². The summed E-state index contributed by atoms with van der Waals surface area (Å²) in [5.74, 6) is 5.81. The Morgan fingerprint density at radius 3 is 2.47 bits per heavy atom. The fourth-order valence-corrected chi connectivity index (χ4v) is 2.08. The van der Waals surface area contributed by atoms with Gasteiger partial charge >= 0.3 is 0 Å². The Balaban J connectivity index is 2.47. The molecule has 0 aliphatic rings. The van der Waals surface area contributed by atoms with Crippen molar-refractivity contribution in [2.45, 2.75) is 6.04 Å². The number of hydrazine groups is 1. The lowest BCUT2D eigenvalue weighted by Crippen LogP contribution is -2.29. The molecule has 0 aliphatic heterocycles. The van der Waals surface area contributed by atoms with Crippen LogP contribution in [0.15, 0.2) is 42.5 Å². The molecule has 2 rings (SSSR count). The van der Waals surface area contributed by atoms with Crippen molar-refractivity contribution in [3.05, 3.63) is 64.4 Å². The Kier molecular flexibility index (Phi) is 4.37. The molecule has 0 fully saturated rings. The van der Waals surface area contributed by atoms with Crippen molar-refractivity contribution in [2.75, 3.05) is 7.11 Å². The van der Waals surface area contributed by atoms with Crippen LogP contribution in [-0.4, -0.2) is 7.11 Å². The number of hydrogen-bond acceptors (Lipinski definition) is 3. The highest BCUT2D eigenvalue weighted by atomic mass is 35.5. The first-order valence-corrected chi connectivity index (χ1v) is 6.08. The van der Waals surface area contributed by atoms with E-state index in [0.29, 0.717) is 16.3 Å². The van der Waals surface area contributed by atoms with E-state index in [2.05, 4.69) is 5.43 Å². The molecule has 2 aromatic carbocycles. The van der Waals surface area contributed by atoms with Gasteiger partial charge in [0.25, 0.3) is 0 Å². The van der Waals surface area contributed by atoms with Gasteiger partial charge in [-0.2, -0.15) is 0 Å². The van der Waals surface area contributed by atoms with E-state index >= 15 is 0 Å². The molecule has 5 heteroatoms. The normalized spacial score (nSPS) is 12.2. The Morgan fingerprint density at radius 2 is 1.89 bits per heavy atom. The molecule has 0 heterocycles. The molecule has 0 amide bonds. The second-order valence-corrected chi connectivity index (χ2v) is 4.47. The van der Waals surface area contributed by atoms with Crippen LogP contribution in [-0.2, 0) is 0 Å². The molecule has 0 aliphatic carbocycles. The highest BCUT2D eigenvalue weighted by Gasteiger charge is 2.17. The van der Waals surface area contributed by atoms with Gasteiger partial charge in [-0.25, -0.2) is 9.82 Å². The summed E-state index contributed by atoms with van der Waals surface area (Å²) in [5.41, 5.74) is 4.17. The highest BCUT2D eigenvalue weighted by molar-refractivity contribution is 6.30. The second kappa shape index (κ2) is 6.02. The molecule has 3 nitrogen and oxygen atoms in total. The molecule has 1 atom stereocenters. The van der Waals surface area contributed by atoms with Crippen LogP contribution in [0.5, 0.6) is 5.75 Å². The van der Waals surface area contributed by atoms with Crippen LogP contribution in [0.25, 0.3) is 0 Å². The van der Waals surface area contributed by atoms with Gasteiger partial charge in [0, 0.05) is 10.6 Å². The van der Waals surface area contributed by atoms with Crippen LogP contribution in [0.3, 0.4) is 0 Å². The standard InChI is InChI=1S/C14H14ClFN2O/c1-19-13-7-6-11(16)8-12(13)14(18-17)9-2-4-10(15)5-3-9/h2-8,14,18H,17H2,1H3. The van der Waals surface area contributed by atoms with Crippen LogP contribution in [0.4, 0.5) is 4.39 Å². The third-order valence-electron chi connectivity index (χ3n) is 2.87. The largest absolute Gasteiger partial charge is 0.496 e. The maximum absolute atomic E-state index is 13.4. The lowest BCUT2D eigenvalue weighted by Gasteiger charge is -2.19. The van der Waals surface area contributed by atoms with Crippen molar-refractivity contribution < 1.29 is 9.13 Å². The van der Waals surface area contributed by atoms with E-state index in [1.807, 2.05) is 12.1 Å². The van der Waals surface area contributed by atoms with Crippen molar-refractivity contribution >= 4 is 11.6 Å². The Morgan fingerprint density at radius 1 is 1.21 bits per heavy atom. The van der Waals surface area contributed by atoms with Crippen molar-refractivity contribution in [1.29, 1.82) is 0 Å². The third kappa shape index (κ3) is 3.04. The number of benzene rings is 2. The predicted octanol–water partition coefficient (Wildman–Crippen LogP) is 3.04. The molecule has 0 bridgehead atoms. The molecule has 3 N–H and O–H groups in total. The van der Waals surface area contributed by atoms with E-state index in [1.54, 1.807) is 18.2 Å². The summed E-state index contributed by atoms with van der Waals surface area (Å²) in [7, 11) is 1.53. The monoisotopic (exact) mass is 280 g/mol. The number of halogens is 2. The zero-order chi connectivity index (χ0) is 13.8.